The summed E-state index contributed by atoms with van der Waals surface area (Å²) in [7, 11) is 2.11. The molecule has 2 heterocycles. The van der Waals surface area contributed by atoms with Gasteiger partial charge in [0, 0.05) is 24.2 Å². The molecular formula is C25H33ClN4O3. The highest BCUT2D eigenvalue weighted by Crippen LogP contribution is 2.18. The van der Waals surface area contributed by atoms with Crippen molar-refractivity contribution in [3.63, 3.8) is 0 Å². The number of piperidine rings is 1. The second kappa shape index (κ2) is 12.6. The zero-order chi connectivity index (χ0) is 23.6. The zero-order valence-electron chi connectivity index (χ0n) is 19.4. The van der Waals surface area contributed by atoms with Gasteiger partial charge < -0.3 is 20.3 Å². The van der Waals surface area contributed by atoms with Crippen LogP contribution < -0.4 is 15.4 Å². The van der Waals surface area contributed by atoms with E-state index >= 15 is 0 Å². The van der Waals surface area contributed by atoms with Gasteiger partial charge >= 0.3 is 0 Å². The number of nitrogens with zero attached hydrogens (tertiary/aromatic N) is 2. The van der Waals surface area contributed by atoms with Crippen molar-refractivity contribution < 1.29 is 14.3 Å². The summed E-state index contributed by atoms with van der Waals surface area (Å²) in [5.41, 5.74) is 1.42. The van der Waals surface area contributed by atoms with Crippen LogP contribution in [0, 0.1) is 0 Å². The number of hydrogen-bond donors (Lipinski definition) is 2. The Kier molecular flexibility index (Phi) is 9.51. The molecule has 1 unspecified atom stereocenters. The van der Waals surface area contributed by atoms with E-state index in [0.29, 0.717) is 23.0 Å². The molecule has 1 aromatic carbocycles. The molecule has 1 aliphatic heterocycles. The van der Waals surface area contributed by atoms with Gasteiger partial charge in [0.15, 0.2) is 0 Å². The van der Waals surface area contributed by atoms with Gasteiger partial charge in [0.2, 0.25) is 17.7 Å². The molecule has 3 rings (SSSR count). The molecule has 33 heavy (non-hydrogen) atoms. The van der Waals surface area contributed by atoms with Gasteiger partial charge in [-0.3, -0.25) is 9.59 Å². The maximum absolute atomic E-state index is 12.9. The van der Waals surface area contributed by atoms with E-state index in [1.807, 2.05) is 12.1 Å². The fourth-order valence-corrected chi connectivity index (χ4v) is 3.86. The molecule has 0 saturated carbocycles. The summed E-state index contributed by atoms with van der Waals surface area (Å²) in [6.45, 7) is 4.08. The van der Waals surface area contributed by atoms with E-state index in [9.17, 15) is 9.59 Å². The molecule has 0 aliphatic carbocycles. The third kappa shape index (κ3) is 8.33. The molecule has 1 fully saturated rings. The van der Waals surface area contributed by atoms with Crippen LogP contribution in [0.2, 0.25) is 5.02 Å². The number of rotatable bonds is 10. The zero-order valence-corrected chi connectivity index (χ0v) is 20.1. The van der Waals surface area contributed by atoms with E-state index in [4.69, 9.17) is 16.3 Å². The maximum Gasteiger partial charge on any atom is 0.246 e. The Morgan fingerprint density at radius 1 is 1.18 bits per heavy atom. The fourth-order valence-electron chi connectivity index (χ4n) is 3.74. The molecular weight excluding hydrogens is 440 g/mol. The van der Waals surface area contributed by atoms with E-state index in [1.54, 1.807) is 30.5 Å². The fraction of sp³-hybridized carbons (Fsp3) is 0.480. The first-order valence-electron chi connectivity index (χ1n) is 11.6. The first-order valence-corrected chi connectivity index (χ1v) is 12.0. The monoisotopic (exact) mass is 472 g/mol. The normalized spacial score (nSPS) is 15.6. The summed E-state index contributed by atoms with van der Waals surface area (Å²) >= 11 is 5.90. The minimum absolute atomic E-state index is 0.170. The number of carbonyl (C=O) groups excluding carboxylic acids is 2. The van der Waals surface area contributed by atoms with Gasteiger partial charge in [-0.1, -0.05) is 43.5 Å². The van der Waals surface area contributed by atoms with Gasteiger partial charge in [0.1, 0.15) is 12.1 Å². The molecule has 1 aliphatic rings. The average Bonchev–Trinajstić information content (AvgIpc) is 2.81. The van der Waals surface area contributed by atoms with Crippen LogP contribution in [0.15, 0.2) is 42.6 Å². The Balaban J connectivity index is 1.53. The number of ether oxygens (including phenoxy) is 1. The summed E-state index contributed by atoms with van der Waals surface area (Å²) in [6.07, 6.45) is 6.24. The first kappa shape index (κ1) is 25.0. The largest absolute Gasteiger partial charge is 0.474 e. The van der Waals surface area contributed by atoms with Crippen molar-refractivity contribution >= 4 is 29.1 Å². The molecule has 2 N–H and O–H groups in total. The van der Waals surface area contributed by atoms with Crippen LogP contribution in [-0.2, 0) is 16.0 Å². The van der Waals surface area contributed by atoms with Gasteiger partial charge in [-0.25, -0.2) is 4.98 Å². The lowest BCUT2D eigenvalue weighted by Crippen LogP contribution is -2.44. The lowest BCUT2D eigenvalue weighted by molar-refractivity contribution is -0.126. The predicted molar refractivity (Wildman–Crippen MR) is 131 cm³/mol. The number of amides is 2. The number of pyridine rings is 1. The van der Waals surface area contributed by atoms with Gasteiger partial charge in [-0.15, -0.1) is 0 Å². The van der Waals surface area contributed by atoms with E-state index in [2.05, 4.69) is 34.5 Å². The van der Waals surface area contributed by atoms with Crippen LogP contribution >= 0.6 is 11.6 Å². The number of anilines is 1. The molecule has 1 saturated heterocycles. The van der Waals surface area contributed by atoms with Crippen LogP contribution in [0.25, 0.3) is 0 Å². The average molecular weight is 473 g/mol. The topological polar surface area (TPSA) is 83.6 Å². The number of nitrogens with one attached hydrogen (secondary N) is 2. The van der Waals surface area contributed by atoms with Crippen molar-refractivity contribution in [1.29, 1.82) is 0 Å². The van der Waals surface area contributed by atoms with Crippen molar-refractivity contribution in [2.24, 2.45) is 0 Å². The molecule has 0 bridgehead atoms. The highest BCUT2D eigenvalue weighted by molar-refractivity contribution is 6.30. The van der Waals surface area contributed by atoms with E-state index in [0.717, 1.165) is 44.3 Å². The van der Waals surface area contributed by atoms with Crippen molar-refractivity contribution in [3.05, 3.63) is 53.2 Å². The van der Waals surface area contributed by atoms with Crippen molar-refractivity contribution in [3.8, 4) is 5.88 Å². The van der Waals surface area contributed by atoms with Crippen LogP contribution in [0.5, 0.6) is 5.88 Å². The molecule has 8 heteroatoms. The van der Waals surface area contributed by atoms with E-state index in [-0.39, 0.29) is 24.3 Å². The lowest BCUT2D eigenvalue weighted by atomic mass is 10.1. The number of unbranched alkanes of at least 4 members (excludes halogenated alkanes) is 1. The number of aromatic nitrogens is 1. The molecule has 7 nitrogen and oxygen atoms in total. The van der Waals surface area contributed by atoms with Gasteiger partial charge in [-0.05, 0) is 50.1 Å². The van der Waals surface area contributed by atoms with Crippen LogP contribution in [0.1, 0.15) is 44.6 Å². The quantitative estimate of drug-likeness (QED) is 0.544. The molecule has 0 radical (unpaired) electrons. The van der Waals surface area contributed by atoms with E-state index in [1.165, 1.54) is 0 Å². The number of hydrogen-bond acceptors (Lipinski definition) is 5. The SMILES string of the molecule is CCCCC(NC(=O)Cc1ccc(Cl)cc1)C(=O)Nc1ccc(OC2CCN(C)CC2)nc1. The third-order valence-electron chi connectivity index (χ3n) is 5.73. The van der Waals surface area contributed by atoms with E-state index < -0.39 is 6.04 Å². The number of benzene rings is 1. The van der Waals surface area contributed by atoms with Crippen LogP contribution in [-0.4, -0.2) is 54.0 Å². The first-order chi connectivity index (χ1) is 15.9. The molecule has 1 aromatic heterocycles. The van der Waals surface area contributed by atoms with Gasteiger partial charge in [0.25, 0.3) is 0 Å². The summed E-state index contributed by atoms with van der Waals surface area (Å²) in [6, 6.07) is 10.1. The van der Waals surface area contributed by atoms with Crippen LogP contribution in [0.3, 0.4) is 0 Å². The van der Waals surface area contributed by atoms with Gasteiger partial charge in [-0.2, -0.15) is 0 Å². The van der Waals surface area contributed by atoms with Crippen LogP contribution in [0.4, 0.5) is 5.69 Å². The minimum atomic E-state index is -0.611. The number of carbonyl (C=O) groups is 2. The summed E-state index contributed by atoms with van der Waals surface area (Å²) in [5, 5.41) is 6.36. The Hall–Kier alpha value is -2.64. The Morgan fingerprint density at radius 2 is 1.91 bits per heavy atom. The predicted octanol–water partition coefficient (Wildman–Crippen LogP) is 4.06. The second-order valence-corrected chi connectivity index (χ2v) is 9.00. The second-order valence-electron chi connectivity index (χ2n) is 8.56. The molecule has 2 aromatic rings. The summed E-state index contributed by atoms with van der Waals surface area (Å²) in [5.74, 6) is 0.105. The molecule has 2 amide bonds. The lowest BCUT2D eigenvalue weighted by Gasteiger charge is -2.28. The molecule has 178 valence electrons. The highest BCUT2D eigenvalue weighted by Gasteiger charge is 2.21. The minimum Gasteiger partial charge on any atom is -0.474 e. The van der Waals surface area contributed by atoms with Crippen molar-refractivity contribution in [1.82, 2.24) is 15.2 Å². The van der Waals surface area contributed by atoms with Crippen molar-refractivity contribution in [2.45, 2.75) is 57.6 Å². The summed E-state index contributed by atoms with van der Waals surface area (Å²) < 4.78 is 5.96. The van der Waals surface area contributed by atoms with Gasteiger partial charge in [0.05, 0.1) is 18.3 Å². The Bertz CT molecular complexity index is 897. The smallest absolute Gasteiger partial charge is 0.246 e. The highest BCUT2D eigenvalue weighted by atomic mass is 35.5. The standard InChI is InChI=1S/C25H33ClN4O3/c1-3-4-5-22(29-23(31)16-18-6-8-19(26)9-7-18)25(32)28-20-10-11-24(27-17-20)33-21-12-14-30(2)15-13-21/h6-11,17,21-22H,3-5,12-16H2,1-2H3,(H,28,32)(H,29,31). The Labute approximate surface area is 200 Å². The Morgan fingerprint density at radius 3 is 2.55 bits per heavy atom. The molecule has 0 spiro atoms. The number of likely N-dealkylation sites (tertiary alicyclic amines) is 1. The molecule has 1 atom stereocenters. The maximum atomic E-state index is 12.9. The summed E-state index contributed by atoms with van der Waals surface area (Å²) in [4.78, 5) is 32.0. The number of halogens is 1. The third-order valence-corrected chi connectivity index (χ3v) is 5.98. The van der Waals surface area contributed by atoms with Crippen molar-refractivity contribution in [2.75, 3.05) is 25.5 Å².